The molecule has 1 unspecified atom stereocenters. The topological polar surface area (TPSA) is 69.2 Å². The first kappa shape index (κ1) is 19.0. The van der Waals surface area contributed by atoms with Crippen molar-refractivity contribution < 1.29 is 42.5 Å². The van der Waals surface area contributed by atoms with Crippen LogP contribution < -0.4 is 34.9 Å². The molecule has 0 radical (unpaired) electrons. The van der Waals surface area contributed by atoms with Crippen LogP contribution in [0, 0.1) is 0 Å². The number of anilines is 1. The first-order valence-corrected chi connectivity index (χ1v) is 8.23. The van der Waals surface area contributed by atoms with Crippen molar-refractivity contribution in [1.82, 2.24) is 0 Å². The Kier molecular flexibility index (Phi) is 7.19. The van der Waals surface area contributed by atoms with Crippen molar-refractivity contribution in [3.05, 3.63) is 63.6 Å². The molecule has 0 spiro atoms. The Bertz CT molecular complexity index is 713. The van der Waals surface area contributed by atoms with Gasteiger partial charge in [-0.25, -0.2) is 8.42 Å². The summed E-state index contributed by atoms with van der Waals surface area (Å²) in [6.07, 6.45) is 0. The third-order valence-electron chi connectivity index (χ3n) is 2.61. The Hall–Kier alpha value is -0.0800. The van der Waals surface area contributed by atoms with Crippen LogP contribution in [0.1, 0.15) is 10.9 Å². The molecule has 8 heteroatoms. The smallest absolute Gasteiger partial charge is 0.746 e. The molecule has 0 aromatic heterocycles. The molecule has 0 bridgehead atoms. The van der Waals surface area contributed by atoms with Crippen molar-refractivity contribution in [2.24, 2.45) is 0 Å². The van der Waals surface area contributed by atoms with Crippen molar-refractivity contribution in [3.63, 3.8) is 0 Å². The molecule has 21 heavy (non-hydrogen) atoms. The van der Waals surface area contributed by atoms with E-state index in [2.05, 4.69) is 21.2 Å². The fourth-order valence-electron chi connectivity index (χ4n) is 1.69. The number of halogens is 2. The Morgan fingerprint density at radius 1 is 1.14 bits per heavy atom. The SMILES string of the molecule is O=S(=O)([O-])C(Nc1ccc(Br)c(Cl)c1)c1ccccc1.[Na+]. The minimum Gasteiger partial charge on any atom is -0.746 e. The van der Waals surface area contributed by atoms with E-state index in [-0.39, 0.29) is 29.6 Å². The predicted octanol–water partition coefficient (Wildman–Crippen LogP) is 0.762. The molecule has 0 heterocycles. The zero-order valence-electron chi connectivity index (χ0n) is 11.1. The van der Waals surface area contributed by atoms with Gasteiger partial charge in [0.25, 0.3) is 0 Å². The minimum atomic E-state index is -4.56. The molecule has 0 saturated heterocycles. The summed E-state index contributed by atoms with van der Waals surface area (Å²) in [6.45, 7) is 0. The van der Waals surface area contributed by atoms with Crippen LogP contribution in [-0.4, -0.2) is 13.0 Å². The third kappa shape index (κ3) is 5.25. The molecule has 1 atom stereocenters. The summed E-state index contributed by atoms with van der Waals surface area (Å²) in [5.41, 5.74) is 0.827. The van der Waals surface area contributed by atoms with Crippen LogP contribution in [0.5, 0.6) is 0 Å². The molecule has 1 N–H and O–H groups in total. The van der Waals surface area contributed by atoms with Gasteiger partial charge < -0.3 is 9.87 Å². The van der Waals surface area contributed by atoms with Gasteiger partial charge in [0.2, 0.25) is 0 Å². The average molecular weight is 399 g/mol. The van der Waals surface area contributed by atoms with Crippen LogP contribution in [-0.2, 0) is 10.1 Å². The molecule has 2 aromatic rings. The average Bonchev–Trinajstić information content (AvgIpc) is 2.39. The fourth-order valence-corrected chi connectivity index (χ4v) is 2.89. The van der Waals surface area contributed by atoms with Crippen molar-refractivity contribution in [2.45, 2.75) is 5.37 Å². The second kappa shape index (κ2) is 7.97. The summed E-state index contributed by atoms with van der Waals surface area (Å²) in [6, 6.07) is 13.1. The predicted molar refractivity (Wildman–Crippen MR) is 81.7 cm³/mol. The van der Waals surface area contributed by atoms with Crippen molar-refractivity contribution in [1.29, 1.82) is 0 Å². The fraction of sp³-hybridized carbons (Fsp3) is 0.0769. The Morgan fingerprint density at radius 3 is 2.29 bits per heavy atom. The summed E-state index contributed by atoms with van der Waals surface area (Å²) >= 11 is 9.18. The van der Waals surface area contributed by atoms with Gasteiger partial charge in [-0.2, -0.15) is 0 Å². The summed E-state index contributed by atoms with van der Waals surface area (Å²) in [4.78, 5) is 0. The monoisotopic (exact) mass is 397 g/mol. The van der Waals surface area contributed by atoms with Crippen molar-refractivity contribution in [3.8, 4) is 0 Å². The van der Waals surface area contributed by atoms with Crippen LogP contribution in [0.2, 0.25) is 5.02 Å². The third-order valence-corrected chi connectivity index (χ3v) is 4.81. The molecule has 0 saturated carbocycles. The van der Waals surface area contributed by atoms with Gasteiger partial charge in [-0.15, -0.1) is 0 Å². The summed E-state index contributed by atoms with van der Waals surface area (Å²) in [5.74, 6) is 0. The van der Waals surface area contributed by atoms with E-state index in [1.54, 1.807) is 48.5 Å². The molecule has 4 nitrogen and oxygen atoms in total. The molecule has 0 amide bonds. The Labute approximate surface area is 159 Å². The van der Waals surface area contributed by atoms with Gasteiger partial charge in [0.05, 0.1) is 5.02 Å². The molecule has 0 aliphatic heterocycles. The van der Waals surface area contributed by atoms with E-state index in [9.17, 15) is 13.0 Å². The van der Waals surface area contributed by atoms with E-state index in [4.69, 9.17) is 11.6 Å². The van der Waals surface area contributed by atoms with Gasteiger partial charge in [0.15, 0.2) is 0 Å². The molecule has 0 aliphatic carbocycles. The van der Waals surface area contributed by atoms with Crippen molar-refractivity contribution >= 4 is 43.3 Å². The van der Waals surface area contributed by atoms with E-state index in [0.29, 0.717) is 20.7 Å². The largest absolute Gasteiger partial charge is 1.00 e. The standard InChI is InChI=1S/C13H11BrClNO3S.Na/c14-11-7-6-10(8-12(11)15)16-13(20(17,18)19)9-4-2-1-3-5-9;/h1-8,13,16H,(H,17,18,19);/q;+1/p-1. The van der Waals surface area contributed by atoms with Crippen LogP contribution >= 0.6 is 27.5 Å². The molecular formula is C13H10BrClNNaO3S. The van der Waals surface area contributed by atoms with E-state index in [0.717, 1.165) is 0 Å². The Balaban J connectivity index is 0.00000220. The van der Waals surface area contributed by atoms with Gasteiger partial charge >= 0.3 is 29.6 Å². The van der Waals surface area contributed by atoms with Gasteiger partial charge in [-0.05, 0) is 39.7 Å². The second-order valence-electron chi connectivity index (χ2n) is 4.06. The minimum absolute atomic E-state index is 0. The number of rotatable bonds is 4. The zero-order valence-corrected chi connectivity index (χ0v) is 16.2. The molecule has 0 aliphatic rings. The summed E-state index contributed by atoms with van der Waals surface area (Å²) in [5, 5.41) is 1.76. The van der Waals surface area contributed by atoms with Crippen LogP contribution in [0.3, 0.4) is 0 Å². The molecule has 106 valence electrons. The van der Waals surface area contributed by atoms with Crippen molar-refractivity contribution in [2.75, 3.05) is 5.32 Å². The van der Waals surface area contributed by atoms with E-state index in [1.165, 1.54) is 0 Å². The normalized spacial score (nSPS) is 12.3. The number of nitrogens with one attached hydrogen (secondary N) is 1. The quantitative estimate of drug-likeness (QED) is 0.610. The zero-order chi connectivity index (χ0) is 14.8. The van der Waals surface area contributed by atoms with Gasteiger partial charge in [0.1, 0.15) is 15.5 Å². The van der Waals surface area contributed by atoms with Crippen LogP contribution in [0.4, 0.5) is 5.69 Å². The van der Waals surface area contributed by atoms with E-state index in [1.807, 2.05) is 0 Å². The van der Waals surface area contributed by atoms with E-state index < -0.39 is 15.5 Å². The Morgan fingerprint density at radius 2 is 1.76 bits per heavy atom. The molecule has 2 aromatic carbocycles. The number of benzene rings is 2. The maximum absolute atomic E-state index is 11.4. The van der Waals surface area contributed by atoms with Gasteiger partial charge in [0, 0.05) is 10.2 Å². The summed E-state index contributed by atoms with van der Waals surface area (Å²) < 4.78 is 35.0. The maximum atomic E-state index is 11.4. The first-order valence-electron chi connectivity index (χ1n) is 5.59. The molecular weight excluding hydrogens is 389 g/mol. The maximum Gasteiger partial charge on any atom is 1.00 e. The molecule has 2 rings (SSSR count). The van der Waals surface area contributed by atoms with E-state index >= 15 is 0 Å². The van der Waals surface area contributed by atoms with Crippen LogP contribution in [0.15, 0.2) is 53.0 Å². The summed E-state index contributed by atoms with van der Waals surface area (Å²) in [7, 11) is -4.56. The van der Waals surface area contributed by atoms with Gasteiger partial charge in [-0.1, -0.05) is 41.9 Å². The first-order chi connectivity index (χ1) is 9.38. The number of hydrogen-bond donors (Lipinski definition) is 1. The van der Waals surface area contributed by atoms with Gasteiger partial charge in [-0.3, -0.25) is 0 Å². The molecule has 0 fully saturated rings. The second-order valence-corrected chi connectivity index (χ2v) is 6.78. The van der Waals surface area contributed by atoms with Crippen LogP contribution in [0.25, 0.3) is 0 Å². The number of hydrogen-bond acceptors (Lipinski definition) is 4.